The van der Waals surface area contributed by atoms with Crippen LogP contribution in [0.15, 0.2) is 128 Å². The molecule has 35 heteroatoms. The second-order valence-electron chi connectivity index (χ2n) is 24.0. The van der Waals surface area contributed by atoms with Crippen LogP contribution >= 0.6 is 0 Å². The highest BCUT2D eigenvalue weighted by atomic mass is 16.6. The average Bonchev–Trinajstić information content (AvgIpc) is 0.859. The van der Waals surface area contributed by atoms with Crippen LogP contribution in [0.5, 0.6) is 23.0 Å². The minimum absolute atomic E-state index is 0.00330. The summed E-state index contributed by atoms with van der Waals surface area (Å²) in [5.74, 6) is 1.27. The van der Waals surface area contributed by atoms with Gasteiger partial charge in [-0.2, -0.15) is 20.5 Å². The van der Waals surface area contributed by atoms with E-state index in [1.54, 1.807) is 111 Å². The van der Waals surface area contributed by atoms with Gasteiger partial charge in [0.25, 0.3) is 11.8 Å². The number of anilines is 2. The Hall–Kier alpha value is -7.86. The third-order valence-electron chi connectivity index (χ3n) is 14.9. The smallest absolute Gasteiger partial charge is 0.257 e. The third kappa shape index (κ3) is 55.4. The van der Waals surface area contributed by atoms with E-state index >= 15 is 0 Å². The van der Waals surface area contributed by atoms with Crippen LogP contribution in [0.4, 0.5) is 22.7 Å². The first-order valence-electron chi connectivity index (χ1n) is 38.4. The summed E-state index contributed by atoms with van der Waals surface area (Å²) in [5.41, 5.74) is 2.70. The van der Waals surface area contributed by atoms with Crippen molar-refractivity contribution in [1.29, 1.82) is 0 Å². The lowest BCUT2D eigenvalue weighted by atomic mass is 10.1. The van der Waals surface area contributed by atoms with Crippen molar-refractivity contribution in [2.24, 2.45) is 30.4 Å². The number of rotatable bonds is 74. The molecule has 4 aromatic rings. The van der Waals surface area contributed by atoms with Crippen molar-refractivity contribution < 1.29 is 129 Å². The molecule has 4 unspecified atom stereocenters. The number of azo groups is 2. The van der Waals surface area contributed by atoms with Crippen molar-refractivity contribution in [3.05, 3.63) is 97.1 Å². The molecule has 2 amide bonds. The van der Waals surface area contributed by atoms with E-state index in [2.05, 4.69) is 31.1 Å². The van der Waals surface area contributed by atoms with Gasteiger partial charge in [0, 0.05) is 37.5 Å². The van der Waals surface area contributed by atoms with Crippen molar-refractivity contribution in [3.63, 3.8) is 0 Å². The fraction of sp³-hybridized carbons (Fsp3) is 0.625. The number of hydrogen-bond acceptors (Lipinski definition) is 33. The molecule has 4 rings (SSSR count). The molecule has 0 aliphatic carbocycles. The maximum absolute atomic E-state index is 14.0. The third-order valence-corrected chi connectivity index (χ3v) is 14.9. The van der Waals surface area contributed by atoms with Gasteiger partial charge in [-0.15, -0.1) is 0 Å². The highest BCUT2D eigenvalue weighted by Crippen LogP contribution is 2.27. The Morgan fingerprint density at radius 2 is 0.583 bits per heavy atom. The highest BCUT2D eigenvalue weighted by molar-refractivity contribution is 6.13. The monoisotopic (exact) mass is 1630 g/mol. The zero-order chi connectivity index (χ0) is 83.3. The summed E-state index contributed by atoms with van der Waals surface area (Å²) in [6.45, 7) is 26.8. The van der Waals surface area contributed by atoms with Crippen molar-refractivity contribution in [3.8, 4) is 23.0 Å². The van der Waals surface area contributed by atoms with Gasteiger partial charge in [-0.3, -0.25) is 19.6 Å². The zero-order valence-electron chi connectivity index (χ0n) is 68.0. The van der Waals surface area contributed by atoms with Gasteiger partial charge < -0.3 is 130 Å². The number of carbonyl (C=O) groups is 4. The Morgan fingerprint density at radius 3 is 0.835 bits per heavy atom. The van der Waals surface area contributed by atoms with Gasteiger partial charge in [-0.05, 0) is 100 Å². The Balaban J connectivity index is 0.0000110. The first-order chi connectivity index (χ1) is 56.5. The summed E-state index contributed by atoms with van der Waals surface area (Å²) in [6.07, 6.45) is 1.33. The normalized spacial score (nSPS) is 12.7. The Bertz CT molecular complexity index is 2900. The van der Waals surface area contributed by atoms with Crippen LogP contribution < -0.4 is 29.6 Å². The first kappa shape index (κ1) is 103. The quantitative estimate of drug-likeness (QED) is 0.0187. The molecule has 0 aromatic heterocycles. The van der Waals surface area contributed by atoms with E-state index in [-0.39, 0.29) is 26.4 Å². The number of carbonyl (C=O) groups excluding carboxylic acids is 4. The van der Waals surface area contributed by atoms with Gasteiger partial charge in [0.2, 0.25) is 0 Å². The molecule has 648 valence electrons. The lowest BCUT2D eigenvalue weighted by Crippen LogP contribution is -2.33. The van der Waals surface area contributed by atoms with Gasteiger partial charge in [-0.25, -0.2) is 0 Å². The molecule has 4 atom stereocenters. The minimum Gasteiger partial charge on any atom is -0.495 e. The maximum Gasteiger partial charge on any atom is 0.257 e. The highest BCUT2D eigenvalue weighted by Gasteiger charge is 2.26. The number of aliphatic hydroxyl groups excluding tert-OH is 2. The van der Waals surface area contributed by atoms with Gasteiger partial charge in [-0.1, -0.05) is 24.3 Å². The van der Waals surface area contributed by atoms with Crippen molar-refractivity contribution in [2.75, 3.05) is 276 Å². The van der Waals surface area contributed by atoms with Gasteiger partial charge >= 0.3 is 0 Å². The molecule has 0 heterocycles. The van der Waals surface area contributed by atoms with Crippen LogP contribution in [0, 0.1) is 0 Å². The van der Waals surface area contributed by atoms with Crippen LogP contribution in [0.2, 0.25) is 0 Å². The van der Waals surface area contributed by atoms with Crippen LogP contribution in [-0.2, 0) is 99.7 Å². The Kier molecular flexibility index (Phi) is 67.2. The fourth-order valence-electron chi connectivity index (χ4n) is 9.45. The van der Waals surface area contributed by atoms with E-state index in [0.717, 1.165) is 0 Å². The molecule has 0 spiro atoms. The summed E-state index contributed by atoms with van der Waals surface area (Å²) in [6, 6.07) is 25.2. The van der Waals surface area contributed by atoms with Gasteiger partial charge in [0.05, 0.1) is 287 Å². The van der Waals surface area contributed by atoms with Gasteiger partial charge in [0.15, 0.2) is 12.1 Å². The number of benzene rings is 4. The molecule has 0 radical (unpaired) electrons. The predicted octanol–water partition coefficient (Wildman–Crippen LogP) is 7.72. The molecule has 0 saturated carbocycles. The van der Waals surface area contributed by atoms with Crippen molar-refractivity contribution >= 4 is 59.6 Å². The van der Waals surface area contributed by atoms with Crippen LogP contribution in [0.25, 0.3) is 0 Å². The number of amides is 2. The summed E-state index contributed by atoms with van der Waals surface area (Å²) in [7, 11) is 3.05. The molecule has 0 bridgehead atoms. The molecule has 115 heavy (non-hydrogen) atoms. The zero-order valence-corrected chi connectivity index (χ0v) is 68.0. The number of methoxy groups -OCH3 is 2. The fourth-order valence-corrected chi connectivity index (χ4v) is 9.45. The number of aliphatic hydroxyl groups is 2. The summed E-state index contributed by atoms with van der Waals surface area (Å²) >= 11 is 0. The average molecular weight is 1630 g/mol. The Labute approximate surface area is 676 Å². The second-order valence-corrected chi connectivity index (χ2v) is 24.0. The molecular formula is C80H126N8O27. The molecule has 0 aliphatic heterocycles. The summed E-state index contributed by atoms with van der Waals surface area (Å²) in [5, 5.41) is 41.1. The van der Waals surface area contributed by atoms with E-state index in [9.17, 15) is 9.59 Å². The van der Waals surface area contributed by atoms with E-state index in [4.69, 9.17) is 129 Å². The van der Waals surface area contributed by atoms with Crippen LogP contribution in [0.1, 0.15) is 40.5 Å². The van der Waals surface area contributed by atoms with E-state index in [1.807, 2.05) is 27.4 Å². The van der Waals surface area contributed by atoms with Gasteiger partial charge in [0.1, 0.15) is 36.6 Å². The van der Waals surface area contributed by atoms with E-state index < -0.39 is 36.0 Å². The number of nitrogens with one attached hydrogen (secondary N) is 2. The van der Waals surface area contributed by atoms with E-state index in [0.29, 0.717) is 295 Å². The SMILES string of the molecule is C=O.C=O.COc1ccccc1NC(=O)C(N=Nc1ccc(OCCCOCCOCCOCCOCCOCCOCCOCCOCCO)cc1)C(C)=NC(C)COCC(C)N=C(C)C(N=Nc1ccc(OCCCOCCOCCOCCOCCOCCOCCOCCOCCO)cc1)C(=O)Nc1ccccc1OC. The molecular weight excluding hydrogens is 1500 g/mol. The predicted molar refractivity (Wildman–Crippen MR) is 430 cm³/mol. The molecule has 0 fully saturated rings. The lowest BCUT2D eigenvalue weighted by Gasteiger charge is -2.17. The number of para-hydroxylation sites is 4. The first-order valence-corrected chi connectivity index (χ1v) is 38.4. The summed E-state index contributed by atoms with van der Waals surface area (Å²) in [4.78, 5) is 53.7. The van der Waals surface area contributed by atoms with E-state index in [1.165, 1.54) is 14.2 Å². The maximum atomic E-state index is 14.0. The minimum atomic E-state index is -1.12. The largest absolute Gasteiger partial charge is 0.495 e. The molecule has 0 saturated heterocycles. The molecule has 35 nitrogen and oxygen atoms in total. The topological polar surface area (TPSA) is 401 Å². The number of aliphatic imine (C=N–C) groups is 2. The van der Waals surface area contributed by atoms with Crippen LogP contribution in [-0.4, -0.2) is 336 Å². The van der Waals surface area contributed by atoms with Crippen molar-refractivity contribution in [1.82, 2.24) is 0 Å². The number of hydrogen-bond donors (Lipinski definition) is 4. The second kappa shape index (κ2) is 74.9. The standard InChI is InChI=1S/C78H122N8O25.2CH2O/c1-63(79-65(3)75(77(89)81-71-13-7-9-15-73(71)91-5)85-83-67-17-21-69(22-18-67)110-29-11-27-93-33-37-97-41-45-101-49-53-105-57-59-107-55-51-103-47-43-99-39-35-95-31-25-87)61-109-62-64(2)80-66(4)76(78(90)82-72-14-8-10-16-74(72)92-6)86-84-68-19-23-70(24-20-68)111-30-12-28-94-34-38-98-42-46-102-50-54-106-58-60-108-56-52-104-48-44-100-40-36-96-32-26-88;2*1-2/h7-10,13-24,63-64,75-76,87-88H,11-12,25-62H2,1-6H3,(H,81,89)(H,82,90);2*1H2. The molecule has 0 aliphatic rings. The molecule has 4 N–H and O–H groups in total. The molecule has 4 aromatic carbocycles. The van der Waals surface area contributed by atoms with Crippen molar-refractivity contribution in [2.45, 2.75) is 64.7 Å². The number of ether oxygens (including phenoxy) is 21. The number of nitrogens with zero attached hydrogens (tertiary/aromatic N) is 6. The summed E-state index contributed by atoms with van der Waals surface area (Å²) < 4.78 is 117. The lowest BCUT2D eigenvalue weighted by molar-refractivity contribution is -0.116. The Morgan fingerprint density at radius 1 is 0.339 bits per heavy atom. The van der Waals surface area contributed by atoms with Crippen LogP contribution in [0.3, 0.4) is 0 Å².